The van der Waals surface area contributed by atoms with Crippen molar-refractivity contribution >= 4 is 5.84 Å². The van der Waals surface area contributed by atoms with Gasteiger partial charge in [-0.1, -0.05) is 18.5 Å². The van der Waals surface area contributed by atoms with Crippen LogP contribution in [0, 0.1) is 0 Å². The molecule has 88 valence electrons. The Balaban J connectivity index is 2.36. The third-order valence-corrected chi connectivity index (χ3v) is 3.04. The average Bonchev–Trinajstić information content (AvgIpc) is 3.02. The molecule has 3 N–H and O–H groups in total. The zero-order valence-corrected chi connectivity index (χ0v) is 9.82. The molecule has 4 nitrogen and oxygen atoms in total. The molecule has 1 unspecified atom stereocenters. The van der Waals surface area contributed by atoms with Crippen LogP contribution in [-0.4, -0.2) is 34.6 Å². The molecule has 1 atom stereocenters. The van der Waals surface area contributed by atoms with Gasteiger partial charge in [0.15, 0.2) is 0 Å². The summed E-state index contributed by atoms with van der Waals surface area (Å²) in [6.45, 7) is 5.40. The Kier molecular flexibility index (Phi) is 4.88. The lowest BCUT2D eigenvalue weighted by Crippen LogP contribution is -2.37. The summed E-state index contributed by atoms with van der Waals surface area (Å²) >= 11 is 0. The third kappa shape index (κ3) is 4.08. The molecular weight excluding hydrogens is 190 g/mol. The maximum absolute atomic E-state index is 8.49. The van der Waals surface area contributed by atoms with Crippen molar-refractivity contribution in [3.63, 3.8) is 0 Å². The number of amidine groups is 1. The molecule has 4 heteroatoms. The van der Waals surface area contributed by atoms with Crippen LogP contribution in [0.4, 0.5) is 0 Å². The summed E-state index contributed by atoms with van der Waals surface area (Å²) < 4.78 is 0. The van der Waals surface area contributed by atoms with E-state index in [2.05, 4.69) is 23.9 Å². The molecule has 1 aliphatic rings. The SMILES string of the molecule is CCCC(C)N(CCC(N)=NO)C1CC1. The average molecular weight is 213 g/mol. The van der Waals surface area contributed by atoms with Crippen molar-refractivity contribution in [1.29, 1.82) is 0 Å². The Morgan fingerprint density at radius 3 is 2.73 bits per heavy atom. The molecule has 1 saturated carbocycles. The fourth-order valence-corrected chi connectivity index (χ4v) is 2.05. The van der Waals surface area contributed by atoms with Crippen LogP contribution in [0.15, 0.2) is 5.16 Å². The number of hydrogen-bond donors (Lipinski definition) is 2. The molecule has 1 fully saturated rings. The first-order chi connectivity index (χ1) is 7.19. The predicted molar refractivity (Wildman–Crippen MR) is 62.1 cm³/mol. The minimum absolute atomic E-state index is 0.337. The van der Waals surface area contributed by atoms with E-state index in [1.165, 1.54) is 25.7 Å². The van der Waals surface area contributed by atoms with Crippen molar-refractivity contribution in [2.75, 3.05) is 6.54 Å². The molecule has 0 aromatic rings. The molecule has 0 aromatic carbocycles. The van der Waals surface area contributed by atoms with Gasteiger partial charge in [0, 0.05) is 25.0 Å². The molecule has 0 aromatic heterocycles. The summed E-state index contributed by atoms with van der Waals surface area (Å²) in [5.74, 6) is 0.337. The summed E-state index contributed by atoms with van der Waals surface area (Å²) in [5.41, 5.74) is 5.49. The quantitative estimate of drug-likeness (QED) is 0.293. The van der Waals surface area contributed by atoms with E-state index in [1.54, 1.807) is 0 Å². The molecule has 0 saturated heterocycles. The first kappa shape index (κ1) is 12.3. The van der Waals surface area contributed by atoms with E-state index < -0.39 is 0 Å². The summed E-state index contributed by atoms with van der Waals surface area (Å²) in [5, 5.41) is 11.5. The van der Waals surface area contributed by atoms with Crippen LogP contribution in [0.1, 0.15) is 46.0 Å². The topological polar surface area (TPSA) is 61.8 Å². The van der Waals surface area contributed by atoms with Crippen molar-refractivity contribution in [2.24, 2.45) is 10.9 Å². The van der Waals surface area contributed by atoms with E-state index in [0.29, 0.717) is 18.3 Å². The second-order valence-electron chi connectivity index (χ2n) is 4.45. The second kappa shape index (κ2) is 5.95. The van der Waals surface area contributed by atoms with Gasteiger partial charge in [-0.3, -0.25) is 4.90 Å². The van der Waals surface area contributed by atoms with Crippen LogP contribution in [0.2, 0.25) is 0 Å². The van der Waals surface area contributed by atoms with E-state index >= 15 is 0 Å². The van der Waals surface area contributed by atoms with Gasteiger partial charge in [-0.05, 0) is 26.2 Å². The van der Waals surface area contributed by atoms with Crippen LogP contribution in [-0.2, 0) is 0 Å². The van der Waals surface area contributed by atoms with Gasteiger partial charge < -0.3 is 10.9 Å². The largest absolute Gasteiger partial charge is 0.409 e. The standard InChI is InChI=1S/C11H23N3O/c1-3-4-9(2)14(10-5-6-10)8-7-11(12)13-15/h9-10,15H,3-8H2,1-2H3,(H2,12,13). The van der Waals surface area contributed by atoms with Gasteiger partial charge >= 0.3 is 0 Å². The van der Waals surface area contributed by atoms with Gasteiger partial charge in [-0.15, -0.1) is 0 Å². The molecule has 15 heavy (non-hydrogen) atoms. The predicted octanol–water partition coefficient (Wildman–Crippen LogP) is 1.78. The monoisotopic (exact) mass is 213 g/mol. The fraction of sp³-hybridized carbons (Fsp3) is 0.909. The van der Waals surface area contributed by atoms with E-state index in [4.69, 9.17) is 10.9 Å². The minimum atomic E-state index is 0.337. The van der Waals surface area contributed by atoms with Crippen molar-refractivity contribution in [3.05, 3.63) is 0 Å². The Hall–Kier alpha value is -0.770. The molecule has 0 bridgehead atoms. The summed E-state index contributed by atoms with van der Waals surface area (Å²) in [7, 11) is 0. The van der Waals surface area contributed by atoms with Crippen molar-refractivity contribution in [3.8, 4) is 0 Å². The number of rotatable bonds is 7. The Bertz CT molecular complexity index is 214. The van der Waals surface area contributed by atoms with Crippen LogP contribution < -0.4 is 5.73 Å². The van der Waals surface area contributed by atoms with Crippen LogP contribution in [0.25, 0.3) is 0 Å². The van der Waals surface area contributed by atoms with Crippen molar-refractivity contribution in [1.82, 2.24) is 4.90 Å². The molecule has 1 rings (SSSR count). The Morgan fingerprint density at radius 1 is 1.60 bits per heavy atom. The number of oxime groups is 1. The first-order valence-electron chi connectivity index (χ1n) is 5.91. The maximum Gasteiger partial charge on any atom is 0.140 e. The zero-order valence-electron chi connectivity index (χ0n) is 9.82. The summed E-state index contributed by atoms with van der Waals surface area (Å²) in [6, 6.07) is 1.37. The van der Waals surface area contributed by atoms with E-state index in [-0.39, 0.29) is 0 Å². The van der Waals surface area contributed by atoms with Crippen LogP contribution in [0.3, 0.4) is 0 Å². The highest BCUT2D eigenvalue weighted by molar-refractivity contribution is 5.79. The first-order valence-corrected chi connectivity index (χ1v) is 5.91. The minimum Gasteiger partial charge on any atom is -0.409 e. The second-order valence-corrected chi connectivity index (χ2v) is 4.45. The van der Waals surface area contributed by atoms with Gasteiger partial charge in [-0.25, -0.2) is 0 Å². The van der Waals surface area contributed by atoms with Gasteiger partial charge in [0.2, 0.25) is 0 Å². The normalized spacial score (nSPS) is 19.5. The van der Waals surface area contributed by atoms with E-state index in [9.17, 15) is 0 Å². The van der Waals surface area contributed by atoms with Crippen LogP contribution >= 0.6 is 0 Å². The van der Waals surface area contributed by atoms with Crippen molar-refractivity contribution < 1.29 is 5.21 Å². The third-order valence-electron chi connectivity index (χ3n) is 3.04. The Morgan fingerprint density at radius 2 is 2.27 bits per heavy atom. The lowest BCUT2D eigenvalue weighted by atomic mass is 10.1. The summed E-state index contributed by atoms with van der Waals surface area (Å²) in [6.07, 6.45) is 5.73. The van der Waals surface area contributed by atoms with Gasteiger partial charge in [-0.2, -0.15) is 0 Å². The molecule has 0 radical (unpaired) electrons. The summed E-state index contributed by atoms with van der Waals surface area (Å²) in [4.78, 5) is 2.50. The highest BCUT2D eigenvalue weighted by Gasteiger charge is 2.31. The zero-order chi connectivity index (χ0) is 11.3. The fourth-order valence-electron chi connectivity index (χ4n) is 2.05. The van der Waals surface area contributed by atoms with Crippen LogP contribution in [0.5, 0.6) is 0 Å². The molecule has 0 aliphatic heterocycles. The molecular formula is C11H23N3O. The molecule has 0 heterocycles. The number of nitrogens with zero attached hydrogens (tertiary/aromatic N) is 2. The van der Waals surface area contributed by atoms with Crippen molar-refractivity contribution in [2.45, 2.75) is 58.0 Å². The van der Waals surface area contributed by atoms with E-state index in [0.717, 1.165) is 12.6 Å². The maximum atomic E-state index is 8.49. The Labute approximate surface area is 92.1 Å². The van der Waals surface area contributed by atoms with Gasteiger partial charge in [0.1, 0.15) is 5.84 Å². The van der Waals surface area contributed by atoms with Gasteiger partial charge in [0.05, 0.1) is 0 Å². The smallest absolute Gasteiger partial charge is 0.140 e. The highest BCUT2D eigenvalue weighted by Crippen LogP contribution is 2.29. The number of nitrogens with two attached hydrogens (primary N) is 1. The lowest BCUT2D eigenvalue weighted by molar-refractivity contribution is 0.193. The highest BCUT2D eigenvalue weighted by atomic mass is 16.4. The number of hydrogen-bond acceptors (Lipinski definition) is 3. The van der Waals surface area contributed by atoms with E-state index in [1.807, 2.05) is 0 Å². The lowest BCUT2D eigenvalue weighted by Gasteiger charge is -2.28. The van der Waals surface area contributed by atoms with Gasteiger partial charge in [0.25, 0.3) is 0 Å². The molecule has 0 amide bonds. The molecule has 0 spiro atoms. The molecule has 1 aliphatic carbocycles.